The Labute approximate surface area is 161 Å². The molecular weight excluding hydrogens is 393 g/mol. The van der Waals surface area contributed by atoms with Gasteiger partial charge < -0.3 is 5.11 Å². The maximum absolute atomic E-state index is 12.8. The third kappa shape index (κ3) is 4.73. The van der Waals surface area contributed by atoms with Gasteiger partial charge in [-0.3, -0.25) is 4.79 Å². The van der Waals surface area contributed by atoms with Crippen LogP contribution < -0.4 is 0 Å². The van der Waals surface area contributed by atoms with Crippen molar-refractivity contribution < 1.29 is 31.5 Å². The van der Waals surface area contributed by atoms with Gasteiger partial charge in [-0.25, -0.2) is 8.42 Å². The molecule has 0 bridgehead atoms. The monoisotopic (exact) mass is 414 g/mol. The average Bonchev–Trinajstić information content (AvgIpc) is 2.61. The number of carbonyl (C=O) groups is 1. The van der Waals surface area contributed by atoms with Crippen LogP contribution in [0.25, 0.3) is 11.1 Å². The standard InChI is InChI=1S/C20H21F3O4S/c1-3-11-28(26,27)18-12-14(16(4-2)19(24)25)7-10-17(18)13-5-8-15(9-6-13)20(21,22)23/h5-10,12,16H,3-4,11H2,1-2H3,(H,24,25). The van der Waals surface area contributed by atoms with Gasteiger partial charge in [0.1, 0.15) is 0 Å². The minimum Gasteiger partial charge on any atom is -0.481 e. The largest absolute Gasteiger partial charge is 0.481 e. The van der Waals surface area contributed by atoms with E-state index < -0.39 is 33.5 Å². The van der Waals surface area contributed by atoms with Gasteiger partial charge in [-0.2, -0.15) is 13.2 Å². The Morgan fingerprint density at radius 1 is 1.07 bits per heavy atom. The van der Waals surface area contributed by atoms with E-state index >= 15 is 0 Å². The summed E-state index contributed by atoms with van der Waals surface area (Å²) in [5, 5.41) is 9.36. The second-order valence-electron chi connectivity index (χ2n) is 6.45. The molecule has 0 aliphatic rings. The van der Waals surface area contributed by atoms with Crippen LogP contribution in [0.1, 0.15) is 43.7 Å². The molecule has 0 fully saturated rings. The summed E-state index contributed by atoms with van der Waals surface area (Å²) in [6.45, 7) is 3.38. The topological polar surface area (TPSA) is 71.4 Å². The Kier molecular flexibility index (Phi) is 6.54. The number of sulfone groups is 1. The van der Waals surface area contributed by atoms with Gasteiger partial charge in [0.05, 0.1) is 22.1 Å². The molecule has 2 aromatic carbocycles. The lowest BCUT2D eigenvalue weighted by Crippen LogP contribution is -2.13. The van der Waals surface area contributed by atoms with Crippen LogP contribution in [-0.2, 0) is 20.8 Å². The van der Waals surface area contributed by atoms with Gasteiger partial charge in [-0.05, 0) is 42.2 Å². The molecule has 2 rings (SSSR count). The number of rotatable bonds is 7. The van der Waals surface area contributed by atoms with E-state index in [9.17, 15) is 31.5 Å². The number of benzene rings is 2. The Balaban J connectivity index is 2.65. The molecule has 1 unspecified atom stereocenters. The summed E-state index contributed by atoms with van der Waals surface area (Å²) in [4.78, 5) is 11.4. The molecule has 0 saturated heterocycles. The summed E-state index contributed by atoms with van der Waals surface area (Å²) in [5.41, 5.74) is 0.0897. The molecule has 4 nitrogen and oxygen atoms in total. The first-order valence-corrected chi connectivity index (χ1v) is 10.4. The predicted molar refractivity (Wildman–Crippen MR) is 99.9 cm³/mol. The van der Waals surface area contributed by atoms with Crippen LogP contribution in [0, 0.1) is 0 Å². The number of hydrogen-bond acceptors (Lipinski definition) is 3. The summed E-state index contributed by atoms with van der Waals surface area (Å²) in [6, 6.07) is 8.54. The highest BCUT2D eigenvalue weighted by atomic mass is 32.2. The van der Waals surface area contributed by atoms with Crippen molar-refractivity contribution in [3.63, 3.8) is 0 Å². The maximum Gasteiger partial charge on any atom is 0.416 e. The molecule has 2 aromatic rings. The number of hydrogen-bond donors (Lipinski definition) is 1. The molecule has 0 saturated carbocycles. The second kappa shape index (κ2) is 8.34. The third-order valence-corrected chi connectivity index (χ3v) is 6.40. The average molecular weight is 414 g/mol. The zero-order valence-electron chi connectivity index (χ0n) is 15.5. The van der Waals surface area contributed by atoms with Gasteiger partial charge in [-0.15, -0.1) is 0 Å². The quantitative estimate of drug-likeness (QED) is 0.681. The van der Waals surface area contributed by atoms with Gasteiger partial charge >= 0.3 is 12.1 Å². The van der Waals surface area contributed by atoms with Crippen LogP contribution in [0.15, 0.2) is 47.4 Å². The molecular formula is C20H21F3O4S. The van der Waals surface area contributed by atoms with E-state index in [0.717, 1.165) is 12.1 Å². The van der Waals surface area contributed by atoms with E-state index in [-0.39, 0.29) is 22.6 Å². The van der Waals surface area contributed by atoms with Crippen LogP contribution >= 0.6 is 0 Å². The Morgan fingerprint density at radius 3 is 2.14 bits per heavy atom. The van der Waals surface area contributed by atoms with E-state index in [4.69, 9.17) is 0 Å². The first kappa shape index (κ1) is 21.9. The fourth-order valence-corrected chi connectivity index (χ4v) is 4.62. The van der Waals surface area contributed by atoms with Crippen molar-refractivity contribution in [1.29, 1.82) is 0 Å². The molecule has 28 heavy (non-hydrogen) atoms. The number of aliphatic carboxylic acids is 1. The first-order valence-electron chi connectivity index (χ1n) is 8.78. The Bertz CT molecular complexity index is 948. The SMILES string of the molecule is CCCS(=O)(=O)c1cc(C(CC)C(=O)O)ccc1-c1ccc(C(F)(F)F)cc1. The summed E-state index contributed by atoms with van der Waals surface area (Å²) in [5.74, 6) is -2.07. The molecule has 0 amide bonds. The van der Waals surface area contributed by atoms with Crippen molar-refractivity contribution in [1.82, 2.24) is 0 Å². The molecule has 0 spiro atoms. The lowest BCUT2D eigenvalue weighted by Gasteiger charge is -2.16. The summed E-state index contributed by atoms with van der Waals surface area (Å²) < 4.78 is 63.9. The van der Waals surface area contributed by atoms with Crippen molar-refractivity contribution in [2.45, 2.75) is 43.7 Å². The minimum atomic E-state index is -4.49. The highest BCUT2D eigenvalue weighted by molar-refractivity contribution is 7.91. The minimum absolute atomic E-state index is 0.0636. The van der Waals surface area contributed by atoms with Crippen LogP contribution in [0.2, 0.25) is 0 Å². The predicted octanol–water partition coefficient (Wildman–Crippen LogP) is 5.13. The Morgan fingerprint density at radius 2 is 1.68 bits per heavy atom. The summed E-state index contributed by atoms with van der Waals surface area (Å²) in [6.07, 6.45) is -3.85. The van der Waals surface area contributed by atoms with E-state index in [2.05, 4.69) is 0 Å². The molecule has 0 aliphatic carbocycles. The van der Waals surface area contributed by atoms with Crippen molar-refractivity contribution in [2.75, 3.05) is 5.75 Å². The number of halogens is 3. The Hall–Kier alpha value is -2.35. The summed E-state index contributed by atoms with van der Waals surface area (Å²) in [7, 11) is -3.73. The second-order valence-corrected chi connectivity index (χ2v) is 8.53. The summed E-state index contributed by atoms with van der Waals surface area (Å²) >= 11 is 0. The van der Waals surface area contributed by atoms with Crippen molar-refractivity contribution in [3.05, 3.63) is 53.6 Å². The highest BCUT2D eigenvalue weighted by Gasteiger charge is 2.30. The van der Waals surface area contributed by atoms with Gasteiger partial charge in [0.25, 0.3) is 0 Å². The third-order valence-electron chi connectivity index (χ3n) is 4.45. The van der Waals surface area contributed by atoms with Crippen LogP contribution in [0.5, 0.6) is 0 Å². The van der Waals surface area contributed by atoms with Gasteiger partial charge in [0.15, 0.2) is 9.84 Å². The number of carboxylic acids is 1. The molecule has 0 aliphatic heterocycles. The molecule has 0 radical (unpaired) electrons. The molecule has 0 heterocycles. The van der Waals surface area contributed by atoms with E-state index in [1.807, 2.05) is 0 Å². The lowest BCUT2D eigenvalue weighted by molar-refractivity contribution is -0.139. The normalized spacial score (nSPS) is 13.3. The fraction of sp³-hybridized carbons (Fsp3) is 0.350. The van der Waals surface area contributed by atoms with Gasteiger partial charge in [-0.1, -0.05) is 38.1 Å². The molecule has 0 aromatic heterocycles. The van der Waals surface area contributed by atoms with Crippen molar-refractivity contribution in [3.8, 4) is 11.1 Å². The number of carboxylic acid groups (broad SMARTS) is 1. The van der Waals surface area contributed by atoms with Gasteiger partial charge in [0, 0.05) is 5.56 Å². The maximum atomic E-state index is 12.8. The number of alkyl halides is 3. The van der Waals surface area contributed by atoms with Crippen molar-refractivity contribution >= 4 is 15.8 Å². The molecule has 8 heteroatoms. The smallest absolute Gasteiger partial charge is 0.416 e. The molecule has 1 atom stereocenters. The van der Waals surface area contributed by atoms with Crippen LogP contribution in [0.4, 0.5) is 13.2 Å². The molecule has 1 N–H and O–H groups in total. The highest BCUT2D eigenvalue weighted by Crippen LogP contribution is 2.35. The van der Waals surface area contributed by atoms with E-state index in [1.165, 1.54) is 30.3 Å². The van der Waals surface area contributed by atoms with E-state index in [1.54, 1.807) is 13.8 Å². The van der Waals surface area contributed by atoms with Crippen LogP contribution in [-0.4, -0.2) is 25.2 Å². The zero-order chi connectivity index (χ0) is 21.1. The van der Waals surface area contributed by atoms with Crippen molar-refractivity contribution in [2.24, 2.45) is 0 Å². The van der Waals surface area contributed by atoms with Gasteiger partial charge in [0.2, 0.25) is 0 Å². The fourth-order valence-electron chi connectivity index (χ4n) is 3.02. The lowest BCUT2D eigenvalue weighted by atomic mass is 9.94. The molecule has 152 valence electrons. The zero-order valence-corrected chi connectivity index (χ0v) is 16.3. The first-order chi connectivity index (χ1) is 13.0. The van der Waals surface area contributed by atoms with Crippen LogP contribution in [0.3, 0.4) is 0 Å². The van der Waals surface area contributed by atoms with E-state index in [0.29, 0.717) is 17.5 Å².